The Hall–Kier alpha value is -4.07. The first-order valence-corrected chi connectivity index (χ1v) is 17.8. The van der Waals surface area contributed by atoms with Gasteiger partial charge in [-0.3, -0.25) is 0 Å². The molecule has 0 saturated heterocycles. The quantitative estimate of drug-likeness (QED) is 0.149. The Kier molecular flexibility index (Phi) is 8.27. The minimum Gasteiger partial charge on any atom is -0.748 e. The molecule has 6 rings (SSSR count). The highest BCUT2D eigenvalue weighted by molar-refractivity contribution is 7.85. The van der Waals surface area contributed by atoms with Crippen molar-refractivity contribution < 1.29 is 35.2 Å². The SMILES string of the molecule is O=S(=O)([O-])CCC[n+]1c(/C=C2\Oc3ccc(-c4ccccc4)cc3N2CCS(=O)(=O)[O-])sc2ccc(-c3ccccc3)cc21. The molecule has 0 atom stereocenters. The van der Waals surface area contributed by atoms with Gasteiger partial charge in [-0.1, -0.05) is 84.1 Å². The maximum Gasteiger partial charge on any atom is 0.268 e. The molecule has 12 heteroatoms. The first kappa shape index (κ1) is 30.0. The van der Waals surface area contributed by atoms with Gasteiger partial charge >= 0.3 is 0 Å². The van der Waals surface area contributed by atoms with Gasteiger partial charge in [-0.05, 0) is 40.5 Å². The van der Waals surface area contributed by atoms with E-state index in [1.54, 1.807) is 17.0 Å². The number of ether oxygens (including phenoxy) is 1. The summed E-state index contributed by atoms with van der Waals surface area (Å²) in [4.78, 5) is 1.67. The summed E-state index contributed by atoms with van der Waals surface area (Å²) in [6.45, 7) is 0.124. The normalized spacial score (nSPS) is 14.2. The molecule has 0 radical (unpaired) electrons. The first-order valence-electron chi connectivity index (χ1n) is 13.8. The lowest BCUT2D eigenvalue weighted by molar-refractivity contribution is -0.668. The van der Waals surface area contributed by atoms with E-state index in [4.69, 9.17) is 4.74 Å². The summed E-state index contributed by atoms with van der Waals surface area (Å²) in [5.74, 6) is -0.301. The molecular formula is C32H27N2O7S3-. The van der Waals surface area contributed by atoms with Crippen molar-refractivity contribution in [3.8, 4) is 28.0 Å². The summed E-state index contributed by atoms with van der Waals surface area (Å²) < 4.78 is 78.3. The zero-order valence-electron chi connectivity index (χ0n) is 23.3. The van der Waals surface area contributed by atoms with Crippen molar-refractivity contribution >= 4 is 53.6 Å². The fraction of sp³-hybridized carbons (Fsp3) is 0.156. The molecule has 0 saturated carbocycles. The van der Waals surface area contributed by atoms with E-state index in [9.17, 15) is 25.9 Å². The van der Waals surface area contributed by atoms with Crippen LogP contribution in [0, 0.1) is 0 Å². The Balaban J connectivity index is 1.44. The van der Waals surface area contributed by atoms with Crippen LogP contribution in [0.25, 0.3) is 38.5 Å². The molecule has 2 heterocycles. The molecule has 0 bridgehead atoms. The number of thiazole rings is 1. The first-order chi connectivity index (χ1) is 21.0. The lowest BCUT2D eigenvalue weighted by Gasteiger charge is -2.19. The lowest BCUT2D eigenvalue weighted by atomic mass is 10.0. The van der Waals surface area contributed by atoms with Gasteiger partial charge in [-0.25, -0.2) is 16.8 Å². The molecule has 1 aliphatic heterocycles. The van der Waals surface area contributed by atoms with E-state index >= 15 is 0 Å². The van der Waals surface area contributed by atoms with E-state index in [2.05, 4.69) is 0 Å². The van der Waals surface area contributed by atoms with Gasteiger partial charge in [0.05, 0.1) is 37.8 Å². The molecule has 0 spiro atoms. The summed E-state index contributed by atoms with van der Waals surface area (Å²) in [5.41, 5.74) is 5.32. The zero-order valence-corrected chi connectivity index (χ0v) is 25.8. The minimum absolute atomic E-state index is 0.105. The predicted molar refractivity (Wildman–Crippen MR) is 169 cm³/mol. The highest BCUT2D eigenvalue weighted by Crippen LogP contribution is 2.42. The average molecular weight is 648 g/mol. The van der Waals surface area contributed by atoms with E-state index in [-0.39, 0.29) is 19.5 Å². The number of nitrogens with zero attached hydrogens (tertiary/aromatic N) is 2. The molecule has 9 nitrogen and oxygen atoms in total. The standard InChI is InChI=1S/C32H28N2O7S3/c35-43(36,37)18-7-16-34-28-21-26(24-10-5-2-6-11-24)13-15-30(28)42-32(34)22-31-33(17-19-44(38,39)40)27-20-25(12-14-29(27)41-31)23-8-3-1-4-9-23/h1-6,8-15,20-22H,7,16-19H2,(H-,35,36,37,38,39,40)/p-1. The van der Waals surface area contributed by atoms with Crippen molar-refractivity contribution in [2.75, 3.05) is 23.0 Å². The van der Waals surface area contributed by atoms with Gasteiger partial charge in [-0.15, -0.1) is 0 Å². The number of anilines is 1. The van der Waals surface area contributed by atoms with Gasteiger partial charge in [-0.2, -0.15) is 4.57 Å². The van der Waals surface area contributed by atoms with E-state index in [0.717, 1.165) is 32.5 Å². The largest absolute Gasteiger partial charge is 0.748 e. The third-order valence-electron chi connectivity index (χ3n) is 7.26. The molecule has 4 aromatic carbocycles. The van der Waals surface area contributed by atoms with Crippen molar-refractivity contribution in [1.29, 1.82) is 0 Å². The Morgan fingerprint density at radius 1 is 0.750 bits per heavy atom. The van der Waals surface area contributed by atoms with Gasteiger partial charge in [0.1, 0.15) is 4.70 Å². The number of hydrogen-bond donors (Lipinski definition) is 0. The van der Waals surface area contributed by atoms with Crippen LogP contribution < -0.4 is 14.2 Å². The third-order valence-corrected chi connectivity index (χ3v) is 9.85. The Bertz CT molecular complexity index is 2080. The van der Waals surface area contributed by atoms with E-state index in [1.807, 2.05) is 95.6 Å². The fourth-order valence-electron chi connectivity index (χ4n) is 5.21. The predicted octanol–water partition coefficient (Wildman–Crippen LogP) is 5.20. The van der Waals surface area contributed by atoms with E-state index < -0.39 is 31.7 Å². The molecule has 226 valence electrons. The summed E-state index contributed by atoms with van der Waals surface area (Å²) in [6.07, 6.45) is 1.87. The molecule has 1 aliphatic rings. The van der Waals surface area contributed by atoms with Crippen LogP contribution in [0.2, 0.25) is 0 Å². The molecule has 0 unspecified atom stereocenters. The Morgan fingerprint density at radius 3 is 2.00 bits per heavy atom. The van der Waals surface area contributed by atoms with Gasteiger partial charge in [0.15, 0.2) is 12.3 Å². The maximum absolute atomic E-state index is 11.7. The Labute approximate surface area is 259 Å². The molecule has 44 heavy (non-hydrogen) atoms. The third kappa shape index (κ3) is 6.85. The smallest absolute Gasteiger partial charge is 0.268 e. The summed E-state index contributed by atoms with van der Waals surface area (Å²) in [7, 11) is -8.93. The van der Waals surface area contributed by atoms with Crippen LogP contribution in [0.4, 0.5) is 5.69 Å². The van der Waals surface area contributed by atoms with Crippen LogP contribution in [0.3, 0.4) is 0 Å². The molecule has 1 aromatic heterocycles. The molecule has 0 fully saturated rings. The van der Waals surface area contributed by atoms with Crippen LogP contribution in [0.15, 0.2) is 103 Å². The number of hydrogen-bond acceptors (Lipinski definition) is 9. The van der Waals surface area contributed by atoms with Crippen LogP contribution in [-0.2, 0) is 26.8 Å². The summed E-state index contributed by atoms with van der Waals surface area (Å²) in [6, 6.07) is 31.2. The second-order valence-corrected chi connectivity index (χ2v) is 14.4. The lowest BCUT2D eigenvalue weighted by Crippen LogP contribution is -2.36. The number of rotatable bonds is 10. The minimum atomic E-state index is -4.52. The highest BCUT2D eigenvalue weighted by Gasteiger charge is 2.30. The zero-order chi connectivity index (χ0) is 30.9. The summed E-state index contributed by atoms with van der Waals surface area (Å²) in [5, 5.41) is 0.703. The van der Waals surface area contributed by atoms with Crippen molar-refractivity contribution in [2.24, 2.45) is 0 Å². The molecule has 0 amide bonds. The summed E-state index contributed by atoms with van der Waals surface area (Å²) >= 11 is 1.45. The number of aromatic nitrogens is 1. The average Bonchev–Trinajstić information content (AvgIpc) is 3.52. The number of aryl methyl sites for hydroxylation is 1. The van der Waals surface area contributed by atoms with Crippen LogP contribution in [-0.4, -0.2) is 44.0 Å². The Morgan fingerprint density at radius 2 is 1.36 bits per heavy atom. The van der Waals surface area contributed by atoms with Crippen molar-refractivity contribution in [2.45, 2.75) is 13.0 Å². The van der Waals surface area contributed by atoms with Crippen molar-refractivity contribution in [1.82, 2.24) is 0 Å². The maximum atomic E-state index is 11.7. The monoisotopic (exact) mass is 647 g/mol. The second-order valence-electron chi connectivity index (χ2n) is 10.3. The van der Waals surface area contributed by atoms with Crippen LogP contribution in [0.1, 0.15) is 11.4 Å². The number of benzene rings is 4. The molecule has 0 aliphatic carbocycles. The van der Waals surface area contributed by atoms with Crippen LogP contribution in [0.5, 0.6) is 5.75 Å². The van der Waals surface area contributed by atoms with Crippen LogP contribution >= 0.6 is 11.3 Å². The topological polar surface area (TPSA) is 131 Å². The van der Waals surface area contributed by atoms with Crippen molar-refractivity contribution in [3.63, 3.8) is 0 Å². The van der Waals surface area contributed by atoms with Gasteiger partial charge in [0, 0.05) is 24.8 Å². The van der Waals surface area contributed by atoms with Gasteiger partial charge in [0.25, 0.3) is 5.01 Å². The molecule has 0 N–H and O–H groups in total. The highest BCUT2D eigenvalue weighted by atomic mass is 32.2. The van der Waals surface area contributed by atoms with Gasteiger partial charge in [0.2, 0.25) is 11.4 Å². The van der Waals surface area contributed by atoms with E-state index in [1.165, 1.54) is 11.3 Å². The number of fused-ring (bicyclic) bond motifs is 2. The second kappa shape index (κ2) is 12.1. The van der Waals surface area contributed by atoms with Crippen molar-refractivity contribution in [3.05, 3.63) is 108 Å². The molecule has 5 aromatic rings. The van der Waals surface area contributed by atoms with Gasteiger partial charge < -0.3 is 18.7 Å². The fourth-order valence-corrected chi connectivity index (χ4v) is 7.19. The van der Waals surface area contributed by atoms with E-state index in [0.29, 0.717) is 22.3 Å². The molecular weight excluding hydrogens is 621 g/mol.